The van der Waals surface area contributed by atoms with Crippen LogP contribution in [0.3, 0.4) is 0 Å². The number of hydrogen-bond acceptors (Lipinski definition) is 4. The molecule has 0 radical (unpaired) electrons. The van der Waals surface area contributed by atoms with Gasteiger partial charge in [-0.3, -0.25) is 4.90 Å². The lowest BCUT2D eigenvalue weighted by atomic mass is 9.78. The van der Waals surface area contributed by atoms with Gasteiger partial charge in [0, 0.05) is 24.2 Å². The van der Waals surface area contributed by atoms with Gasteiger partial charge in [-0.2, -0.15) is 0 Å². The molecule has 0 aromatic rings. The SMILES string of the molecule is CCCNC1(CO)CCCC(N2CCOCC2C)C1. The first-order valence-corrected chi connectivity index (χ1v) is 7.90. The van der Waals surface area contributed by atoms with E-state index < -0.39 is 0 Å². The molecule has 3 unspecified atom stereocenters. The van der Waals surface area contributed by atoms with Crippen molar-refractivity contribution in [1.82, 2.24) is 10.2 Å². The van der Waals surface area contributed by atoms with Gasteiger partial charge in [0.1, 0.15) is 0 Å². The van der Waals surface area contributed by atoms with Crippen molar-refractivity contribution >= 4 is 0 Å². The van der Waals surface area contributed by atoms with Crippen molar-refractivity contribution < 1.29 is 9.84 Å². The van der Waals surface area contributed by atoms with E-state index in [9.17, 15) is 5.11 Å². The summed E-state index contributed by atoms with van der Waals surface area (Å²) in [5.41, 5.74) is -0.0447. The Kier molecular flexibility index (Phi) is 5.63. The normalized spacial score (nSPS) is 37.4. The van der Waals surface area contributed by atoms with Gasteiger partial charge >= 0.3 is 0 Å². The van der Waals surface area contributed by atoms with E-state index in [1.165, 1.54) is 12.8 Å². The van der Waals surface area contributed by atoms with E-state index in [-0.39, 0.29) is 12.1 Å². The largest absolute Gasteiger partial charge is 0.394 e. The Balaban J connectivity index is 1.98. The Hall–Kier alpha value is -0.160. The highest BCUT2D eigenvalue weighted by Gasteiger charge is 2.39. The van der Waals surface area contributed by atoms with Gasteiger partial charge in [-0.15, -0.1) is 0 Å². The molecule has 2 N–H and O–H groups in total. The zero-order valence-corrected chi connectivity index (χ0v) is 12.5. The fourth-order valence-electron chi connectivity index (χ4n) is 3.65. The summed E-state index contributed by atoms with van der Waals surface area (Å²) in [6, 6.07) is 1.11. The maximum Gasteiger partial charge on any atom is 0.0619 e. The van der Waals surface area contributed by atoms with E-state index >= 15 is 0 Å². The second kappa shape index (κ2) is 7.02. The Morgan fingerprint density at radius 2 is 2.32 bits per heavy atom. The standard InChI is InChI=1S/C15H30N2O2/c1-3-7-16-15(12-18)6-4-5-14(10-15)17-8-9-19-11-13(17)2/h13-14,16,18H,3-12H2,1-2H3. The molecule has 0 spiro atoms. The number of hydrogen-bond donors (Lipinski definition) is 2. The third-order valence-electron chi connectivity index (χ3n) is 4.76. The predicted molar refractivity (Wildman–Crippen MR) is 77.4 cm³/mol. The molecule has 2 rings (SSSR count). The van der Waals surface area contributed by atoms with Gasteiger partial charge in [0.2, 0.25) is 0 Å². The minimum Gasteiger partial charge on any atom is -0.394 e. The second-order valence-corrected chi connectivity index (χ2v) is 6.28. The Morgan fingerprint density at radius 3 is 3.00 bits per heavy atom. The fourth-order valence-corrected chi connectivity index (χ4v) is 3.65. The molecule has 0 aromatic heterocycles. The molecule has 0 amide bonds. The Labute approximate surface area is 117 Å². The van der Waals surface area contributed by atoms with Gasteiger partial charge in [0.05, 0.1) is 19.8 Å². The summed E-state index contributed by atoms with van der Waals surface area (Å²) in [4.78, 5) is 2.60. The summed E-state index contributed by atoms with van der Waals surface area (Å²) < 4.78 is 5.54. The lowest BCUT2D eigenvalue weighted by Gasteiger charge is -2.47. The molecule has 2 fully saturated rings. The van der Waals surface area contributed by atoms with Gasteiger partial charge in [0.25, 0.3) is 0 Å². The zero-order chi connectivity index (χ0) is 13.7. The second-order valence-electron chi connectivity index (χ2n) is 6.28. The highest BCUT2D eigenvalue weighted by Crippen LogP contribution is 2.32. The van der Waals surface area contributed by atoms with Crippen LogP contribution >= 0.6 is 0 Å². The zero-order valence-electron chi connectivity index (χ0n) is 12.5. The topological polar surface area (TPSA) is 44.7 Å². The van der Waals surface area contributed by atoms with Gasteiger partial charge in [0.15, 0.2) is 0 Å². The van der Waals surface area contributed by atoms with Crippen LogP contribution in [0.5, 0.6) is 0 Å². The monoisotopic (exact) mass is 270 g/mol. The minimum absolute atomic E-state index is 0.0447. The minimum atomic E-state index is -0.0447. The van der Waals surface area contributed by atoms with Crippen molar-refractivity contribution in [1.29, 1.82) is 0 Å². The van der Waals surface area contributed by atoms with Crippen LogP contribution in [0.4, 0.5) is 0 Å². The number of nitrogens with one attached hydrogen (secondary N) is 1. The first-order chi connectivity index (χ1) is 9.21. The van der Waals surface area contributed by atoms with Crippen molar-refractivity contribution in [3.05, 3.63) is 0 Å². The maximum atomic E-state index is 9.84. The van der Waals surface area contributed by atoms with Crippen molar-refractivity contribution in [3.63, 3.8) is 0 Å². The maximum absolute atomic E-state index is 9.84. The van der Waals surface area contributed by atoms with Crippen LogP contribution in [0.1, 0.15) is 46.0 Å². The molecule has 4 heteroatoms. The van der Waals surface area contributed by atoms with Crippen LogP contribution in [0.2, 0.25) is 0 Å². The first-order valence-electron chi connectivity index (χ1n) is 7.90. The highest BCUT2D eigenvalue weighted by molar-refractivity contribution is 4.97. The molecule has 1 saturated heterocycles. The average molecular weight is 270 g/mol. The van der Waals surface area contributed by atoms with E-state index in [1.807, 2.05) is 0 Å². The molecular formula is C15H30N2O2. The van der Waals surface area contributed by atoms with E-state index in [4.69, 9.17) is 4.74 Å². The van der Waals surface area contributed by atoms with Gasteiger partial charge in [-0.05, 0) is 45.6 Å². The number of aliphatic hydroxyl groups is 1. The van der Waals surface area contributed by atoms with Crippen LogP contribution in [0.25, 0.3) is 0 Å². The fraction of sp³-hybridized carbons (Fsp3) is 1.00. The summed E-state index contributed by atoms with van der Waals surface area (Å²) in [5.74, 6) is 0. The molecule has 1 saturated carbocycles. The smallest absolute Gasteiger partial charge is 0.0619 e. The quantitative estimate of drug-likeness (QED) is 0.792. The summed E-state index contributed by atoms with van der Waals surface area (Å²) in [6.07, 6.45) is 5.79. The summed E-state index contributed by atoms with van der Waals surface area (Å²) in [5, 5.41) is 13.5. The van der Waals surface area contributed by atoms with Crippen molar-refractivity contribution in [2.24, 2.45) is 0 Å². The van der Waals surface area contributed by atoms with E-state index in [1.54, 1.807) is 0 Å². The lowest BCUT2D eigenvalue weighted by molar-refractivity contribution is -0.0429. The van der Waals surface area contributed by atoms with Crippen molar-refractivity contribution in [2.45, 2.75) is 63.6 Å². The first kappa shape index (κ1) is 15.2. The number of rotatable bonds is 5. The lowest BCUT2D eigenvalue weighted by Crippen LogP contribution is -2.58. The van der Waals surface area contributed by atoms with Crippen molar-refractivity contribution in [3.8, 4) is 0 Å². The van der Waals surface area contributed by atoms with Gasteiger partial charge in [-0.25, -0.2) is 0 Å². The molecule has 112 valence electrons. The number of morpholine rings is 1. The summed E-state index contributed by atoms with van der Waals surface area (Å²) >= 11 is 0. The molecule has 4 nitrogen and oxygen atoms in total. The molecule has 0 aromatic carbocycles. The Morgan fingerprint density at radius 1 is 1.47 bits per heavy atom. The van der Waals surface area contributed by atoms with Gasteiger partial charge < -0.3 is 15.2 Å². The molecule has 1 aliphatic carbocycles. The molecule has 19 heavy (non-hydrogen) atoms. The molecule has 1 aliphatic heterocycles. The van der Waals surface area contributed by atoms with Crippen LogP contribution in [-0.2, 0) is 4.74 Å². The summed E-state index contributed by atoms with van der Waals surface area (Å²) in [6.45, 7) is 8.46. The molecular weight excluding hydrogens is 240 g/mol. The third-order valence-corrected chi connectivity index (χ3v) is 4.76. The number of ether oxygens (including phenoxy) is 1. The van der Waals surface area contributed by atoms with E-state index in [0.717, 1.165) is 45.6 Å². The van der Waals surface area contributed by atoms with E-state index in [0.29, 0.717) is 12.1 Å². The number of aliphatic hydroxyl groups excluding tert-OH is 1. The summed E-state index contributed by atoms with van der Waals surface area (Å²) in [7, 11) is 0. The molecule has 0 bridgehead atoms. The average Bonchev–Trinajstić information content (AvgIpc) is 2.46. The third kappa shape index (κ3) is 3.69. The van der Waals surface area contributed by atoms with Crippen LogP contribution in [0.15, 0.2) is 0 Å². The van der Waals surface area contributed by atoms with E-state index in [2.05, 4.69) is 24.1 Å². The van der Waals surface area contributed by atoms with Crippen LogP contribution < -0.4 is 5.32 Å². The highest BCUT2D eigenvalue weighted by atomic mass is 16.5. The Bertz CT molecular complexity index is 275. The molecule has 2 aliphatic rings. The van der Waals surface area contributed by atoms with Crippen molar-refractivity contribution in [2.75, 3.05) is 32.9 Å². The molecule has 1 heterocycles. The molecule has 3 atom stereocenters. The van der Waals surface area contributed by atoms with Crippen LogP contribution in [-0.4, -0.2) is 60.5 Å². The predicted octanol–water partition coefficient (Wildman–Crippen LogP) is 1.38. The van der Waals surface area contributed by atoms with Gasteiger partial charge in [-0.1, -0.05) is 6.92 Å². The number of nitrogens with zero attached hydrogens (tertiary/aromatic N) is 1. The van der Waals surface area contributed by atoms with Crippen LogP contribution in [0, 0.1) is 0 Å².